The second-order valence-electron chi connectivity index (χ2n) is 11.5. The molecule has 2 N–H and O–H groups in total. The van der Waals surface area contributed by atoms with Gasteiger partial charge in [0.2, 0.25) is 0 Å². The van der Waals surface area contributed by atoms with E-state index in [0.717, 1.165) is 30.7 Å². The van der Waals surface area contributed by atoms with Crippen molar-refractivity contribution < 1.29 is 0 Å². The minimum absolute atomic E-state index is 0.781. The number of nitrogens with two attached hydrogens (primary N) is 1. The molecule has 5 aromatic carbocycles. The van der Waals surface area contributed by atoms with Gasteiger partial charge in [-0.15, -0.1) is 0 Å². The predicted octanol–water partition coefficient (Wildman–Crippen LogP) is 11.5. The Balaban J connectivity index is 0.000000352. The summed E-state index contributed by atoms with van der Waals surface area (Å²) >= 11 is 0. The van der Waals surface area contributed by atoms with Gasteiger partial charge in [-0.3, -0.25) is 4.99 Å². The van der Waals surface area contributed by atoms with E-state index in [1.807, 2.05) is 40.7 Å². The highest BCUT2D eigenvalue weighted by Gasteiger charge is 2.22. The third-order valence-electron chi connectivity index (χ3n) is 8.11. The van der Waals surface area contributed by atoms with Crippen molar-refractivity contribution in [1.82, 2.24) is 0 Å². The van der Waals surface area contributed by atoms with Crippen molar-refractivity contribution in [1.29, 1.82) is 0 Å². The van der Waals surface area contributed by atoms with Crippen LogP contribution in [0.1, 0.15) is 57.7 Å². The molecule has 5 aromatic rings. The van der Waals surface area contributed by atoms with E-state index >= 15 is 0 Å². The highest BCUT2D eigenvalue weighted by molar-refractivity contribution is 6.13. The number of benzene rings is 5. The Morgan fingerprint density at radius 1 is 0.689 bits per heavy atom. The lowest BCUT2D eigenvalue weighted by Gasteiger charge is -2.24. The van der Waals surface area contributed by atoms with Gasteiger partial charge in [-0.05, 0) is 119 Å². The van der Waals surface area contributed by atoms with E-state index in [1.165, 1.54) is 66.1 Å². The summed E-state index contributed by atoms with van der Waals surface area (Å²) in [5, 5.41) is 5.20. The van der Waals surface area contributed by atoms with Gasteiger partial charge in [-0.1, -0.05) is 123 Å². The third kappa shape index (κ3) is 6.91. The minimum atomic E-state index is 0.781. The predicted molar refractivity (Wildman–Crippen MR) is 199 cm³/mol. The molecule has 0 radical (unpaired) electrons. The molecule has 0 unspecified atom stereocenters. The van der Waals surface area contributed by atoms with Crippen molar-refractivity contribution in [2.24, 2.45) is 10.7 Å². The Labute approximate surface area is 269 Å². The zero-order valence-electron chi connectivity index (χ0n) is 27.3. The maximum atomic E-state index is 5.21. The Morgan fingerprint density at radius 3 is 2.07 bits per heavy atom. The average Bonchev–Trinajstić information content (AvgIpc) is 3.63. The number of hydrogen-bond acceptors (Lipinski definition) is 2. The summed E-state index contributed by atoms with van der Waals surface area (Å²) in [5.74, 6) is 0. The molecule has 1 aliphatic carbocycles. The highest BCUT2D eigenvalue weighted by atomic mass is 14.7. The van der Waals surface area contributed by atoms with Gasteiger partial charge >= 0.3 is 0 Å². The maximum Gasteiger partial charge on any atom is 0.0648 e. The van der Waals surface area contributed by atoms with Crippen LogP contribution in [0.3, 0.4) is 0 Å². The molecule has 0 fully saturated rings. The molecule has 45 heavy (non-hydrogen) atoms. The molecule has 0 saturated heterocycles. The summed E-state index contributed by atoms with van der Waals surface area (Å²) in [6.07, 6.45) is 14.7. The number of fused-ring (bicyclic) bond motifs is 3. The Kier molecular flexibility index (Phi) is 10.3. The van der Waals surface area contributed by atoms with Gasteiger partial charge in [0.05, 0.1) is 12.3 Å². The maximum absolute atomic E-state index is 5.21. The monoisotopic (exact) mass is 588 g/mol. The van der Waals surface area contributed by atoms with Crippen LogP contribution >= 0.6 is 0 Å². The first kappa shape index (κ1) is 31.5. The molecule has 1 heterocycles. The standard InChI is InChI=1S/C34H25N.C7H13N.C2H6/c1-2-10-24-21-27(19-18-23(24)9-1)34-30-15-5-3-13-28(30)33(29-14-4-6-16-31(29)34)26-12-7-11-25(22-26)32-17-8-20-35-32;1-6(2)4-7(3)5-8;1-2/h1-3,5-13,15-19,21-22H,4,14,20H2;4-5H,8H2,1-3H3;1-2H3/b;7-5-;. The summed E-state index contributed by atoms with van der Waals surface area (Å²) in [6.45, 7) is 10.9. The first-order valence-electron chi connectivity index (χ1n) is 16.1. The molecule has 2 aliphatic rings. The lowest BCUT2D eigenvalue weighted by Crippen LogP contribution is -2.03. The van der Waals surface area contributed by atoms with Crippen LogP contribution < -0.4 is 5.73 Å². The summed E-state index contributed by atoms with van der Waals surface area (Å²) in [7, 11) is 0. The van der Waals surface area contributed by atoms with Gasteiger partial charge in [-0.25, -0.2) is 0 Å². The van der Waals surface area contributed by atoms with E-state index in [0.29, 0.717) is 0 Å². The van der Waals surface area contributed by atoms with Crippen molar-refractivity contribution in [2.45, 2.75) is 47.5 Å². The SMILES string of the molecule is C1=Cc2c(c(-c3cccc(C4=NCC=C4)c3)c3ccccc3c2-c2ccc3ccccc3c2)CC1.CC.CC(C)=C/C(C)=C\N. The molecule has 0 amide bonds. The fraction of sp³-hybridized carbons (Fsp3) is 0.186. The lowest BCUT2D eigenvalue weighted by molar-refractivity contribution is 0.991. The topological polar surface area (TPSA) is 38.4 Å². The van der Waals surface area contributed by atoms with E-state index in [4.69, 9.17) is 5.73 Å². The molecule has 2 nitrogen and oxygen atoms in total. The molecule has 0 bridgehead atoms. The van der Waals surface area contributed by atoms with Gasteiger partial charge in [0.15, 0.2) is 0 Å². The van der Waals surface area contributed by atoms with E-state index in [-0.39, 0.29) is 0 Å². The Hall–Kier alpha value is -4.95. The Bertz CT molecular complexity index is 1980. The van der Waals surface area contributed by atoms with E-state index in [1.54, 1.807) is 6.20 Å². The zero-order chi connectivity index (χ0) is 31.8. The average molecular weight is 589 g/mol. The molecule has 7 rings (SSSR count). The van der Waals surface area contributed by atoms with Crippen LogP contribution in [0.5, 0.6) is 0 Å². The normalized spacial score (nSPS) is 13.4. The second-order valence-corrected chi connectivity index (χ2v) is 11.5. The van der Waals surface area contributed by atoms with Crippen LogP contribution in [0.25, 0.3) is 49.9 Å². The number of nitrogens with zero attached hydrogens (tertiary/aromatic N) is 1. The number of aliphatic imine (C=N–C) groups is 1. The van der Waals surface area contributed by atoms with Crippen LogP contribution in [-0.4, -0.2) is 12.3 Å². The largest absolute Gasteiger partial charge is 0.404 e. The zero-order valence-corrected chi connectivity index (χ0v) is 27.3. The fourth-order valence-corrected chi connectivity index (χ4v) is 6.26. The van der Waals surface area contributed by atoms with Gasteiger partial charge in [0, 0.05) is 5.56 Å². The smallest absolute Gasteiger partial charge is 0.0648 e. The minimum Gasteiger partial charge on any atom is -0.404 e. The number of allylic oxidation sites excluding steroid dienone is 5. The van der Waals surface area contributed by atoms with E-state index in [9.17, 15) is 0 Å². The molecular weight excluding hydrogens is 544 g/mol. The van der Waals surface area contributed by atoms with E-state index in [2.05, 4.69) is 120 Å². The third-order valence-corrected chi connectivity index (χ3v) is 8.11. The van der Waals surface area contributed by atoms with Crippen LogP contribution in [-0.2, 0) is 6.42 Å². The molecule has 226 valence electrons. The number of rotatable bonds is 4. The summed E-state index contributed by atoms with van der Waals surface area (Å²) in [4.78, 5) is 4.66. The fourth-order valence-electron chi connectivity index (χ4n) is 6.26. The summed E-state index contributed by atoms with van der Waals surface area (Å²) < 4.78 is 0. The van der Waals surface area contributed by atoms with Crippen LogP contribution in [0, 0.1) is 0 Å². The van der Waals surface area contributed by atoms with Crippen LogP contribution in [0.4, 0.5) is 0 Å². The number of hydrogen-bond donors (Lipinski definition) is 1. The first-order valence-corrected chi connectivity index (χ1v) is 16.1. The lowest BCUT2D eigenvalue weighted by atomic mass is 9.80. The Morgan fingerprint density at radius 2 is 1.38 bits per heavy atom. The molecule has 0 saturated carbocycles. The second kappa shape index (κ2) is 14.7. The van der Waals surface area contributed by atoms with Crippen molar-refractivity contribution in [3.8, 4) is 22.3 Å². The van der Waals surface area contributed by atoms with Gasteiger partial charge in [-0.2, -0.15) is 0 Å². The van der Waals surface area contributed by atoms with Crippen molar-refractivity contribution in [3.63, 3.8) is 0 Å². The van der Waals surface area contributed by atoms with Gasteiger partial charge in [0.1, 0.15) is 0 Å². The highest BCUT2D eigenvalue weighted by Crippen LogP contribution is 2.45. The van der Waals surface area contributed by atoms with Crippen LogP contribution in [0.2, 0.25) is 0 Å². The molecule has 0 aromatic heterocycles. The van der Waals surface area contributed by atoms with Crippen molar-refractivity contribution >= 4 is 33.3 Å². The van der Waals surface area contributed by atoms with Crippen molar-refractivity contribution in [2.75, 3.05) is 6.54 Å². The van der Waals surface area contributed by atoms with Crippen molar-refractivity contribution in [3.05, 3.63) is 149 Å². The molecule has 0 atom stereocenters. The van der Waals surface area contributed by atoms with Gasteiger partial charge < -0.3 is 5.73 Å². The molecule has 1 aliphatic heterocycles. The summed E-state index contributed by atoms with van der Waals surface area (Å²) in [6, 6.07) is 33.4. The molecular formula is C43H44N2. The molecule has 0 spiro atoms. The quantitative estimate of drug-likeness (QED) is 0.208. The molecule has 2 heteroatoms. The van der Waals surface area contributed by atoms with Gasteiger partial charge in [0.25, 0.3) is 0 Å². The summed E-state index contributed by atoms with van der Waals surface area (Å²) in [5.41, 5.74) is 18.0. The van der Waals surface area contributed by atoms with Crippen LogP contribution in [0.15, 0.2) is 138 Å². The first-order chi connectivity index (χ1) is 22.0. The van der Waals surface area contributed by atoms with E-state index < -0.39 is 0 Å².